The zero-order valence-electron chi connectivity index (χ0n) is 10.6. The molecule has 106 valence electrons. The van der Waals surface area contributed by atoms with Gasteiger partial charge in [0, 0.05) is 21.2 Å². The molecule has 0 fully saturated rings. The summed E-state index contributed by atoms with van der Waals surface area (Å²) in [7, 11) is 0. The van der Waals surface area contributed by atoms with Crippen molar-refractivity contribution < 1.29 is 8.78 Å². The molecule has 3 N–H and O–H groups in total. The highest BCUT2D eigenvalue weighted by molar-refractivity contribution is 6.36. The molecule has 0 spiro atoms. The molecule has 0 radical (unpaired) electrons. The van der Waals surface area contributed by atoms with Crippen LogP contribution in [-0.2, 0) is 0 Å². The molecule has 0 aliphatic heterocycles. The number of aryl methyl sites for hydroxylation is 1. The average molecular weight is 317 g/mol. The van der Waals surface area contributed by atoms with Crippen molar-refractivity contribution >= 4 is 23.2 Å². The number of hydrazine groups is 1. The number of nitrogens with two attached hydrogens (primary N) is 1. The number of nitrogens with one attached hydrogen (secondary N) is 1. The molecule has 0 amide bonds. The fraction of sp³-hybridized carbons (Fsp3) is 0.143. The van der Waals surface area contributed by atoms with Crippen molar-refractivity contribution in [2.24, 2.45) is 5.84 Å². The molecule has 2 aromatic rings. The zero-order chi connectivity index (χ0) is 14.9. The van der Waals surface area contributed by atoms with Gasteiger partial charge in [-0.2, -0.15) is 0 Å². The molecule has 2 aromatic carbocycles. The Hall–Kier alpha value is -1.20. The molecule has 2 rings (SSSR count). The van der Waals surface area contributed by atoms with Crippen LogP contribution >= 0.6 is 23.2 Å². The Bertz CT molecular complexity index is 627. The highest BCUT2D eigenvalue weighted by Gasteiger charge is 2.24. The van der Waals surface area contributed by atoms with Gasteiger partial charge in [0.25, 0.3) is 0 Å². The molecule has 0 saturated carbocycles. The topological polar surface area (TPSA) is 38.0 Å². The van der Waals surface area contributed by atoms with E-state index in [1.165, 1.54) is 19.1 Å². The quantitative estimate of drug-likeness (QED) is 0.660. The zero-order valence-corrected chi connectivity index (χ0v) is 12.1. The van der Waals surface area contributed by atoms with E-state index in [0.717, 1.165) is 0 Å². The van der Waals surface area contributed by atoms with E-state index in [9.17, 15) is 8.78 Å². The maximum atomic E-state index is 14.1. The van der Waals surface area contributed by atoms with Crippen molar-refractivity contribution in [3.63, 3.8) is 0 Å². The van der Waals surface area contributed by atoms with Crippen molar-refractivity contribution in [1.29, 1.82) is 0 Å². The second-order valence-corrected chi connectivity index (χ2v) is 5.15. The van der Waals surface area contributed by atoms with Crippen LogP contribution in [0.2, 0.25) is 10.0 Å². The first-order valence-corrected chi connectivity index (χ1v) is 6.57. The molecule has 0 aromatic heterocycles. The lowest BCUT2D eigenvalue weighted by Gasteiger charge is -2.20. The summed E-state index contributed by atoms with van der Waals surface area (Å²) < 4.78 is 27.8. The number of halogens is 4. The lowest BCUT2D eigenvalue weighted by molar-refractivity contribution is 0.478. The Balaban J connectivity index is 2.62. The molecule has 0 aliphatic rings. The van der Waals surface area contributed by atoms with Gasteiger partial charge in [0.1, 0.15) is 0 Å². The van der Waals surface area contributed by atoms with E-state index in [0.29, 0.717) is 15.6 Å². The smallest absolute Gasteiger partial charge is 0.164 e. The summed E-state index contributed by atoms with van der Waals surface area (Å²) in [6, 6.07) is 6.96. The number of rotatable bonds is 3. The monoisotopic (exact) mass is 316 g/mol. The fourth-order valence-corrected chi connectivity index (χ4v) is 2.61. The normalized spacial score (nSPS) is 12.5. The lowest BCUT2D eigenvalue weighted by Crippen LogP contribution is -2.30. The molecule has 0 heterocycles. The van der Waals surface area contributed by atoms with Crippen LogP contribution in [0, 0.1) is 18.6 Å². The SMILES string of the molecule is Cc1ccc(C(NN)c2c(Cl)cccc2Cl)c(F)c1F. The van der Waals surface area contributed by atoms with Gasteiger partial charge in [0.2, 0.25) is 0 Å². The molecule has 0 bridgehead atoms. The number of hydrogen-bond acceptors (Lipinski definition) is 2. The third kappa shape index (κ3) is 2.65. The van der Waals surface area contributed by atoms with E-state index in [1.54, 1.807) is 18.2 Å². The third-order valence-electron chi connectivity index (χ3n) is 3.07. The Morgan fingerprint density at radius 3 is 2.20 bits per heavy atom. The summed E-state index contributed by atoms with van der Waals surface area (Å²) in [5.74, 6) is 3.60. The minimum atomic E-state index is -0.969. The van der Waals surface area contributed by atoms with Crippen LogP contribution in [0.1, 0.15) is 22.7 Å². The average Bonchev–Trinajstić information content (AvgIpc) is 2.42. The summed E-state index contributed by atoms with van der Waals surface area (Å²) in [6.07, 6.45) is 0. The van der Waals surface area contributed by atoms with Crippen molar-refractivity contribution in [1.82, 2.24) is 5.43 Å². The molecule has 6 heteroatoms. The van der Waals surface area contributed by atoms with Crippen molar-refractivity contribution in [2.75, 3.05) is 0 Å². The van der Waals surface area contributed by atoms with E-state index in [2.05, 4.69) is 5.43 Å². The molecular formula is C14H12Cl2F2N2. The van der Waals surface area contributed by atoms with Gasteiger partial charge in [-0.05, 0) is 24.6 Å². The van der Waals surface area contributed by atoms with Crippen LogP contribution < -0.4 is 11.3 Å². The summed E-state index contributed by atoms with van der Waals surface area (Å²) in [5, 5.41) is 0.640. The van der Waals surface area contributed by atoms with Crippen molar-refractivity contribution in [2.45, 2.75) is 13.0 Å². The van der Waals surface area contributed by atoms with Crippen molar-refractivity contribution in [3.8, 4) is 0 Å². The first kappa shape index (κ1) is 15.2. The minimum absolute atomic E-state index is 0.0469. The molecule has 0 aliphatic carbocycles. The largest absolute Gasteiger partial charge is 0.271 e. The third-order valence-corrected chi connectivity index (χ3v) is 3.73. The summed E-state index contributed by atoms with van der Waals surface area (Å²) in [4.78, 5) is 0. The second kappa shape index (κ2) is 6.06. The van der Waals surface area contributed by atoms with Gasteiger partial charge in [0.05, 0.1) is 6.04 Å². The molecule has 1 unspecified atom stereocenters. The Labute approximate surface area is 125 Å². The summed E-state index contributed by atoms with van der Waals surface area (Å²) in [5.41, 5.74) is 3.09. The maximum absolute atomic E-state index is 14.1. The predicted molar refractivity (Wildman–Crippen MR) is 76.7 cm³/mol. The Morgan fingerprint density at radius 1 is 1.05 bits per heavy atom. The maximum Gasteiger partial charge on any atom is 0.164 e. The van der Waals surface area contributed by atoms with E-state index >= 15 is 0 Å². The van der Waals surface area contributed by atoms with Crippen molar-refractivity contribution in [3.05, 3.63) is 68.7 Å². The van der Waals surface area contributed by atoms with Crippen LogP contribution in [-0.4, -0.2) is 0 Å². The molecule has 20 heavy (non-hydrogen) atoms. The molecule has 0 saturated heterocycles. The van der Waals surface area contributed by atoms with Crippen LogP contribution in [0.4, 0.5) is 8.78 Å². The first-order valence-electron chi connectivity index (χ1n) is 5.82. The molecule has 1 atom stereocenters. The van der Waals surface area contributed by atoms with E-state index < -0.39 is 17.7 Å². The summed E-state index contributed by atoms with van der Waals surface area (Å²) >= 11 is 12.2. The second-order valence-electron chi connectivity index (χ2n) is 4.33. The van der Waals surface area contributed by atoms with Crippen LogP contribution in [0.3, 0.4) is 0 Å². The van der Waals surface area contributed by atoms with E-state index in [1.807, 2.05) is 0 Å². The lowest BCUT2D eigenvalue weighted by atomic mass is 9.97. The Kier molecular flexibility index (Phi) is 4.60. The standard InChI is InChI=1S/C14H12Cl2F2N2/c1-7-5-6-8(13(18)12(7)17)14(20-19)11-9(15)3-2-4-10(11)16/h2-6,14,20H,19H2,1H3. The molecular weight excluding hydrogens is 305 g/mol. The van der Waals surface area contributed by atoms with Gasteiger partial charge in [0.15, 0.2) is 11.6 Å². The first-order chi connectivity index (χ1) is 9.47. The summed E-state index contributed by atoms with van der Waals surface area (Å²) in [6.45, 7) is 1.48. The van der Waals surface area contributed by atoms with Crippen LogP contribution in [0.25, 0.3) is 0 Å². The fourth-order valence-electron chi connectivity index (χ4n) is 2.00. The number of hydrogen-bond donors (Lipinski definition) is 2. The van der Waals surface area contributed by atoms with Crippen LogP contribution in [0.15, 0.2) is 30.3 Å². The van der Waals surface area contributed by atoms with Gasteiger partial charge < -0.3 is 0 Å². The van der Waals surface area contributed by atoms with Gasteiger partial charge in [-0.3, -0.25) is 5.84 Å². The predicted octanol–water partition coefficient (Wildman–Crippen LogP) is 4.13. The minimum Gasteiger partial charge on any atom is -0.271 e. The van der Waals surface area contributed by atoms with Crippen LogP contribution in [0.5, 0.6) is 0 Å². The Morgan fingerprint density at radius 2 is 1.65 bits per heavy atom. The molecule has 2 nitrogen and oxygen atoms in total. The van der Waals surface area contributed by atoms with Gasteiger partial charge in [-0.25, -0.2) is 14.2 Å². The van der Waals surface area contributed by atoms with Gasteiger partial charge >= 0.3 is 0 Å². The van der Waals surface area contributed by atoms with Gasteiger partial charge in [-0.1, -0.05) is 41.4 Å². The van der Waals surface area contributed by atoms with Gasteiger partial charge in [-0.15, -0.1) is 0 Å². The van der Waals surface area contributed by atoms with E-state index in [4.69, 9.17) is 29.0 Å². The number of benzene rings is 2. The highest BCUT2D eigenvalue weighted by atomic mass is 35.5. The highest BCUT2D eigenvalue weighted by Crippen LogP contribution is 2.35. The van der Waals surface area contributed by atoms with E-state index in [-0.39, 0.29) is 11.1 Å².